The molecular weight excluding hydrogens is 285 g/mol. The van der Waals surface area contributed by atoms with Gasteiger partial charge >= 0.3 is 0 Å². The van der Waals surface area contributed by atoms with Crippen LogP contribution in [0.15, 0.2) is 41.0 Å². The fraction of sp³-hybridized carbons (Fsp3) is 0.154. The Morgan fingerprint density at radius 2 is 2.12 bits per heavy atom. The zero-order valence-corrected chi connectivity index (χ0v) is 10.9. The molecule has 0 spiro atoms. The predicted octanol–water partition coefficient (Wildman–Crippen LogP) is 3.87. The van der Waals surface area contributed by atoms with Crippen LogP contribution in [0.4, 0.5) is 4.39 Å². The zero-order valence-electron chi connectivity index (χ0n) is 9.28. The number of aryl methyl sites for hydroxylation is 1. The van der Waals surface area contributed by atoms with Crippen LogP contribution in [0.5, 0.6) is 5.88 Å². The molecule has 1 aromatic carbocycles. The number of hydrogen-bond donors (Lipinski definition) is 0. The Kier molecular flexibility index (Phi) is 3.74. The lowest BCUT2D eigenvalue weighted by Gasteiger charge is -2.07. The molecule has 4 heteroatoms. The van der Waals surface area contributed by atoms with Crippen LogP contribution in [-0.2, 0) is 6.61 Å². The van der Waals surface area contributed by atoms with Crippen molar-refractivity contribution < 1.29 is 9.13 Å². The number of halogens is 2. The molecule has 0 aliphatic carbocycles. The first-order chi connectivity index (χ1) is 8.15. The van der Waals surface area contributed by atoms with Crippen LogP contribution >= 0.6 is 15.9 Å². The molecule has 1 aromatic heterocycles. The maximum atomic E-state index is 13.5. The highest BCUT2D eigenvalue weighted by molar-refractivity contribution is 9.10. The van der Waals surface area contributed by atoms with Crippen molar-refractivity contribution in [3.8, 4) is 5.88 Å². The summed E-state index contributed by atoms with van der Waals surface area (Å²) in [7, 11) is 0. The smallest absolute Gasteiger partial charge is 0.214 e. The van der Waals surface area contributed by atoms with Crippen molar-refractivity contribution in [2.75, 3.05) is 0 Å². The number of hydrogen-bond acceptors (Lipinski definition) is 2. The minimum atomic E-state index is -0.250. The largest absolute Gasteiger partial charge is 0.473 e. The van der Waals surface area contributed by atoms with Crippen molar-refractivity contribution in [1.82, 2.24) is 4.98 Å². The summed E-state index contributed by atoms with van der Waals surface area (Å²) < 4.78 is 19.6. The molecule has 0 amide bonds. The Bertz CT molecular complexity index is 531. The molecule has 0 fully saturated rings. The normalized spacial score (nSPS) is 10.3. The van der Waals surface area contributed by atoms with Gasteiger partial charge in [0.25, 0.3) is 0 Å². The molecular formula is C13H11BrFNO. The molecule has 0 bridgehead atoms. The van der Waals surface area contributed by atoms with Gasteiger partial charge in [-0.2, -0.15) is 0 Å². The van der Waals surface area contributed by atoms with Crippen molar-refractivity contribution >= 4 is 15.9 Å². The van der Waals surface area contributed by atoms with E-state index in [9.17, 15) is 4.39 Å². The van der Waals surface area contributed by atoms with Gasteiger partial charge in [0.15, 0.2) is 0 Å². The van der Waals surface area contributed by atoms with Gasteiger partial charge in [-0.3, -0.25) is 0 Å². The standard InChI is InChI=1S/C13H11BrFNO/c1-9-5-6-10(11(15)7-9)8-17-13-4-2-3-12(14)16-13/h2-7H,8H2,1H3. The lowest BCUT2D eigenvalue weighted by atomic mass is 10.1. The summed E-state index contributed by atoms with van der Waals surface area (Å²) >= 11 is 3.25. The molecule has 88 valence electrons. The molecule has 17 heavy (non-hydrogen) atoms. The predicted molar refractivity (Wildman–Crippen MR) is 67.4 cm³/mol. The third-order valence-electron chi connectivity index (χ3n) is 2.27. The fourth-order valence-corrected chi connectivity index (χ4v) is 1.72. The second-order valence-electron chi connectivity index (χ2n) is 3.68. The van der Waals surface area contributed by atoms with Crippen LogP contribution in [-0.4, -0.2) is 4.98 Å². The van der Waals surface area contributed by atoms with E-state index in [2.05, 4.69) is 20.9 Å². The maximum absolute atomic E-state index is 13.5. The van der Waals surface area contributed by atoms with E-state index in [1.165, 1.54) is 6.07 Å². The molecule has 0 saturated heterocycles. The topological polar surface area (TPSA) is 22.1 Å². The van der Waals surface area contributed by atoms with E-state index in [4.69, 9.17) is 4.74 Å². The third-order valence-corrected chi connectivity index (χ3v) is 2.72. The van der Waals surface area contributed by atoms with Gasteiger partial charge in [0.05, 0.1) is 0 Å². The van der Waals surface area contributed by atoms with Gasteiger partial charge in [0.1, 0.15) is 17.0 Å². The van der Waals surface area contributed by atoms with Crippen molar-refractivity contribution in [2.45, 2.75) is 13.5 Å². The number of pyridine rings is 1. The molecule has 2 aromatic rings. The molecule has 0 unspecified atom stereocenters. The minimum absolute atomic E-state index is 0.176. The average molecular weight is 296 g/mol. The molecule has 1 heterocycles. The highest BCUT2D eigenvalue weighted by Gasteiger charge is 2.04. The Balaban J connectivity index is 2.07. The van der Waals surface area contributed by atoms with E-state index in [1.807, 2.05) is 19.1 Å². The van der Waals surface area contributed by atoms with E-state index >= 15 is 0 Å². The van der Waals surface area contributed by atoms with Gasteiger partial charge in [-0.05, 0) is 40.5 Å². The van der Waals surface area contributed by atoms with E-state index in [0.717, 1.165) is 5.56 Å². The van der Waals surface area contributed by atoms with E-state index in [0.29, 0.717) is 16.0 Å². The van der Waals surface area contributed by atoms with E-state index in [-0.39, 0.29) is 12.4 Å². The number of benzene rings is 1. The summed E-state index contributed by atoms with van der Waals surface area (Å²) in [6.07, 6.45) is 0. The van der Waals surface area contributed by atoms with Crippen LogP contribution in [0, 0.1) is 12.7 Å². The SMILES string of the molecule is Cc1ccc(COc2cccc(Br)n2)c(F)c1. The average Bonchev–Trinajstić information content (AvgIpc) is 2.28. The van der Waals surface area contributed by atoms with Gasteiger partial charge in [0.2, 0.25) is 5.88 Å². The summed E-state index contributed by atoms with van der Waals surface area (Å²) in [4.78, 5) is 4.11. The van der Waals surface area contributed by atoms with Crippen LogP contribution in [0.2, 0.25) is 0 Å². The summed E-state index contributed by atoms with van der Waals surface area (Å²) in [6.45, 7) is 2.03. The number of rotatable bonds is 3. The molecule has 0 radical (unpaired) electrons. The quantitative estimate of drug-likeness (QED) is 0.802. The lowest BCUT2D eigenvalue weighted by molar-refractivity contribution is 0.287. The second kappa shape index (κ2) is 5.27. The molecule has 0 saturated carbocycles. The summed E-state index contributed by atoms with van der Waals surface area (Å²) in [5, 5.41) is 0. The first-order valence-electron chi connectivity index (χ1n) is 5.15. The fourth-order valence-electron chi connectivity index (χ4n) is 1.39. The van der Waals surface area contributed by atoms with Gasteiger partial charge < -0.3 is 4.74 Å². The molecule has 2 rings (SSSR count). The van der Waals surface area contributed by atoms with Gasteiger partial charge in [-0.15, -0.1) is 0 Å². The maximum Gasteiger partial charge on any atom is 0.214 e. The number of aromatic nitrogens is 1. The van der Waals surface area contributed by atoms with E-state index in [1.54, 1.807) is 18.2 Å². The number of ether oxygens (including phenoxy) is 1. The van der Waals surface area contributed by atoms with Crippen molar-refractivity contribution in [2.24, 2.45) is 0 Å². The monoisotopic (exact) mass is 295 g/mol. The summed E-state index contributed by atoms with van der Waals surface area (Å²) in [5.74, 6) is 0.222. The first-order valence-corrected chi connectivity index (χ1v) is 5.95. The molecule has 0 N–H and O–H groups in total. The first kappa shape index (κ1) is 12.0. The van der Waals surface area contributed by atoms with Crippen molar-refractivity contribution in [1.29, 1.82) is 0 Å². The zero-order chi connectivity index (χ0) is 12.3. The van der Waals surface area contributed by atoms with Gasteiger partial charge in [-0.1, -0.05) is 18.2 Å². The lowest BCUT2D eigenvalue weighted by Crippen LogP contribution is -2.00. The van der Waals surface area contributed by atoms with Gasteiger partial charge in [-0.25, -0.2) is 9.37 Å². The van der Waals surface area contributed by atoms with Crippen LogP contribution in [0.1, 0.15) is 11.1 Å². The Hall–Kier alpha value is -1.42. The van der Waals surface area contributed by atoms with Crippen molar-refractivity contribution in [3.05, 3.63) is 57.9 Å². The third kappa shape index (κ3) is 3.27. The highest BCUT2D eigenvalue weighted by Crippen LogP contribution is 2.15. The summed E-state index contributed by atoms with van der Waals surface area (Å²) in [6, 6.07) is 10.4. The summed E-state index contributed by atoms with van der Waals surface area (Å²) in [5.41, 5.74) is 1.42. The van der Waals surface area contributed by atoms with E-state index < -0.39 is 0 Å². The Labute approximate surface area is 108 Å². The second-order valence-corrected chi connectivity index (χ2v) is 4.49. The molecule has 0 aliphatic rings. The molecule has 0 atom stereocenters. The number of nitrogens with zero attached hydrogens (tertiary/aromatic N) is 1. The van der Waals surface area contributed by atoms with Crippen LogP contribution < -0.4 is 4.74 Å². The van der Waals surface area contributed by atoms with Crippen LogP contribution in [0.3, 0.4) is 0 Å². The Morgan fingerprint density at radius 1 is 1.29 bits per heavy atom. The Morgan fingerprint density at radius 3 is 2.82 bits per heavy atom. The molecule has 0 aliphatic heterocycles. The minimum Gasteiger partial charge on any atom is -0.473 e. The highest BCUT2D eigenvalue weighted by atomic mass is 79.9. The molecule has 2 nitrogen and oxygen atoms in total. The van der Waals surface area contributed by atoms with Gasteiger partial charge in [0, 0.05) is 11.6 Å². The van der Waals surface area contributed by atoms with Crippen LogP contribution in [0.25, 0.3) is 0 Å². The van der Waals surface area contributed by atoms with Crippen molar-refractivity contribution in [3.63, 3.8) is 0 Å².